The lowest BCUT2D eigenvalue weighted by Crippen LogP contribution is -2.49. The Labute approximate surface area is 202 Å². The fraction of sp³-hybridized carbons (Fsp3) is 0.280. The van der Waals surface area contributed by atoms with Crippen molar-refractivity contribution in [1.82, 2.24) is 14.3 Å². The van der Waals surface area contributed by atoms with Crippen LogP contribution in [0.4, 0.5) is 5.69 Å². The van der Waals surface area contributed by atoms with Gasteiger partial charge in [-0.3, -0.25) is 9.20 Å². The predicted molar refractivity (Wildman–Crippen MR) is 134 cm³/mol. The normalized spacial score (nSPS) is 14.1. The van der Waals surface area contributed by atoms with Gasteiger partial charge in [-0.05, 0) is 49.4 Å². The molecule has 1 aliphatic heterocycles. The monoisotopic (exact) mass is 480 g/mol. The molecule has 0 unspecified atom stereocenters. The number of amides is 1. The van der Waals surface area contributed by atoms with Crippen LogP contribution in [0.5, 0.6) is 5.75 Å². The molecule has 1 fully saturated rings. The second-order valence-corrected chi connectivity index (χ2v) is 9.26. The molecule has 8 heteroatoms. The average molecular weight is 481 g/mol. The maximum absolute atomic E-state index is 13.0. The zero-order valence-corrected chi connectivity index (χ0v) is 20.0. The van der Waals surface area contributed by atoms with Crippen LogP contribution >= 0.6 is 22.9 Å². The van der Waals surface area contributed by atoms with Crippen LogP contribution in [0, 0.1) is 0 Å². The minimum absolute atomic E-state index is 0.150. The largest absolute Gasteiger partial charge is 0.494 e. The van der Waals surface area contributed by atoms with E-state index in [1.54, 1.807) is 11.3 Å². The molecular formula is C25H25ClN4O2S. The molecule has 2 aromatic carbocycles. The topological polar surface area (TPSA) is 50.1 Å². The summed E-state index contributed by atoms with van der Waals surface area (Å²) < 4.78 is 7.56. The first-order chi connectivity index (χ1) is 16.1. The number of anilines is 1. The van der Waals surface area contributed by atoms with Crippen LogP contribution in [0.2, 0.25) is 5.02 Å². The SMILES string of the molecule is CCOc1ccc(-c2cn3c(CC(=O)N4CCN(c5cccc(Cl)c5)CC4)csc3n2)cc1. The van der Waals surface area contributed by atoms with E-state index in [9.17, 15) is 4.79 Å². The number of ether oxygens (including phenoxy) is 1. The molecule has 0 spiro atoms. The third-order valence-electron chi connectivity index (χ3n) is 5.88. The molecule has 0 bridgehead atoms. The van der Waals surface area contributed by atoms with Crippen molar-refractivity contribution in [2.24, 2.45) is 0 Å². The molecule has 5 rings (SSSR count). The fourth-order valence-electron chi connectivity index (χ4n) is 4.14. The van der Waals surface area contributed by atoms with Gasteiger partial charge in [0.15, 0.2) is 4.96 Å². The molecular weight excluding hydrogens is 456 g/mol. The van der Waals surface area contributed by atoms with Crippen molar-refractivity contribution in [3.8, 4) is 17.0 Å². The molecule has 4 aromatic rings. The molecule has 0 N–H and O–H groups in total. The van der Waals surface area contributed by atoms with E-state index >= 15 is 0 Å². The average Bonchev–Trinajstić information content (AvgIpc) is 3.42. The van der Waals surface area contributed by atoms with Gasteiger partial charge in [-0.25, -0.2) is 4.98 Å². The Morgan fingerprint density at radius 3 is 2.64 bits per heavy atom. The fourth-order valence-corrected chi connectivity index (χ4v) is 5.20. The minimum atomic E-state index is 0.150. The van der Waals surface area contributed by atoms with Gasteiger partial charge in [0.2, 0.25) is 5.91 Å². The summed E-state index contributed by atoms with van der Waals surface area (Å²) in [5.41, 5.74) is 4.01. The molecule has 1 aliphatic rings. The van der Waals surface area contributed by atoms with Gasteiger partial charge in [0, 0.05) is 59.7 Å². The molecule has 0 radical (unpaired) electrons. The zero-order chi connectivity index (χ0) is 22.8. The van der Waals surface area contributed by atoms with Crippen molar-refractivity contribution in [2.45, 2.75) is 13.3 Å². The number of halogens is 1. The molecule has 0 saturated carbocycles. The molecule has 1 amide bonds. The van der Waals surface area contributed by atoms with Crippen molar-refractivity contribution in [2.75, 3.05) is 37.7 Å². The number of rotatable bonds is 6. The van der Waals surface area contributed by atoms with E-state index < -0.39 is 0 Å². The highest BCUT2D eigenvalue weighted by Gasteiger charge is 2.23. The van der Waals surface area contributed by atoms with E-state index in [1.165, 1.54) is 0 Å². The summed E-state index contributed by atoms with van der Waals surface area (Å²) in [6, 6.07) is 15.8. The summed E-state index contributed by atoms with van der Waals surface area (Å²) in [6.45, 7) is 5.64. The van der Waals surface area contributed by atoms with Crippen molar-refractivity contribution >= 4 is 39.5 Å². The van der Waals surface area contributed by atoms with Crippen molar-refractivity contribution in [3.05, 3.63) is 70.8 Å². The quantitative estimate of drug-likeness (QED) is 0.389. The van der Waals surface area contributed by atoms with Crippen LogP contribution in [-0.2, 0) is 11.2 Å². The highest BCUT2D eigenvalue weighted by atomic mass is 35.5. The minimum Gasteiger partial charge on any atom is -0.494 e. The Bertz CT molecular complexity index is 1260. The van der Waals surface area contributed by atoms with Crippen molar-refractivity contribution in [1.29, 1.82) is 0 Å². The number of imidazole rings is 1. The molecule has 170 valence electrons. The van der Waals surface area contributed by atoms with Gasteiger partial charge >= 0.3 is 0 Å². The summed E-state index contributed by atoms with van der Waals surface area (Å²) in [4.78, 5) is 22.9. The molecule has 33 heavy (non-hydrogen) atoms. The van der Waals surface area contributed by atoms with E-state index in [1.807, 2.05) is 70.3 Å². The van der Waals surface area contributed by atoms with E-state index in [0.717, 1.165) is 51.5 Å². The van der Waals surface area contributed by atoms with E-state index in [2.05, 4.69) is 11.0 Å². The standard InChI is InChI=1S/C25H25ClN4O2S/c1-2-32-22-8-6-18(7-9-22)23-16-30-21(17-33-25(30)27-23)15-24(31)29-12-10-28(11-13-29)20-5-3-4-19(26)14-20/h3-9,14,16-17H,2,10-13,15H2,1H3. The molecule has 0 atom stereocenters. The first kappa shape index (κ1) is 21.8. The first-order valence-electron chi connectivity index (χ1n) is 11.1. The maximum Gasteiger partial charge on any atom is 0.228 e. The molecule has 1 saturated heterocycles. The van der Waals surface area contributed by atoms with E-state index in [4.69, 9.17) is 21.3 Å². The number of fused-ring (bicyclic) bond motifs is 1. The van der Waals surface area contributed by atoms with Gasteiger partial charge in [-0.2, -0.15) is 0 Å². The number of aromatic nitrogens is 2. The number of carbonyl (C=O) groups is 1. The first-order valence-corrected chi connectivity index (χ1v) is 12.3. The summed E-state index contributed by atoms with van der Waals surface area (Å²) >= 11 is 7.69. The van der Waals surface area contributed by atoms with E-state index in [0.29, 0.717) is 26.1 Å². The summed E-state index contributed by atoms with van der Waals surface area (Å²) in [7, 11) is 0. The third-order valence-corrected chi connectivity index (χ3v) is 7.01. The van der Waals surface area contributed by atoms with Gasteiger partial charge in [-0.15, -0.1) is 11.3 Å². The molecule has 0 aliphatic carbocycles. The Balaban J connectivity index is 1.24. The van der Waals surface area contributed by atoms with Crippen LogP contribution in [0.3, 0.4) is 0 Å². The van der Waals surface area contributed by atoms with Crippen LogP contribution in [0.1, 0.15) is 12.6 Å². The lowest BCUT2D eigenvalue weighted by Gasteiger charge is -2.36. The third kappa shape index (κ3) is 4.70. The van der Waals surface area contributed by atoms with Crippen molar-refractivity contribution in [3.63, 3.8) is 0 Å². The highest BCUT2D eigenvalue weighted by molar-refractivity contribution is 7.15. The van der Waals surface area contributed by atoms with Gasteiger partial charge in [0.1, 0.15) is 5.75 Å². The lowest BCUT2D eigenvalue weighted by molar-refractivity contribution is -0.130. The predicted octanol–water partition coefficient (Wildman–Crippen LogP) is 5.01. The summed E-state index contributed by atoms with van der Waals surface area (Å²) in [5.74, 6) is 1.00. The molecule has 6 nitrogen and oxygen atoms in total. The number of nitrogens with zero attached hydrogens (tertiary/aromatic N) is 4. The number of hydrogen-bond donors (Lipinski definition) is 0. The van der Waals surface area contributed by atoms with Gasteiger partial charge < -0.3 is 14.5 Å². The van der Waals surface area contributed by atoms with Gasteiger partial charge in [-0.1, -0.05) is 17.7 Å². The number of carbonyl (C=O) groups excluding carboxylic acids is 1. The summed E-state index contributed by atoms with van der Waals surface area (Å²) in [6.07, 6.45) is 2.39. The number of piperazine rings is 1. The van der Waals surface area contributed by atoms with E-state index in [-0.39, 0.29) is 5.91 Å². The Kier molecular flexibility index (Phi) is 6.24. The van der Waals surface area contributed by atoms with Crippen LogP contribution in [0.25, 0.3) is 16.2 Å². The molecule has 3 heterocycles. The smallest absolute Gasteiger partial charge is 0.228 e. The van der Waals surface area contributed by atoms with Gasteiger partial charge in [0.05, 0.1) is 18.7 Å². The highest BCUT2D eigenvalue weighted by Crippen LogP contribution is 2.26. The van der Waals surface area contributed by atoms with Crippen LogP contribution < -0.4 is 9.64 Å². The maximum atomic E-state index is 13.0. The molecule has 2 aromatic heterocycles. The zero-order valence-electron chi connectivity index (χ0n) is 18.4. The number of thiazole rings is 1. The summed E-state index contributed by atoms with van der Waals surface area (Å²) in [5, 5.41) is 2.77. The Morgan fingerprint density at radius 2 is 1.91 bits per heavy atom. The van der Waals surface area contributed by atoms with Crippen molar-refractivity contribution < 1.29 is 9.53 Å². The van der Waals surface area contributed by atoms with Crippen LogP contribution in [-0.4, -0.2) is 53.0 Å². The second-order valence-electron chi connectivity index (χ2n) is 7.99. The van der Waals surface area contributed by atoms with Crippen LogP contribution in [0.15, 0.2) is 60.1 Å². The number of benzene rings is 2. The lowest BCUT2D eigenvalue weighted by atomic mass is 10.1. The van der Waals surface area contributed by atoms with Gasteiger partial charge in [0.25, 0.3) is 0 Å². The Hall–Kier alpha value is -3.03. The Morgan fingerprint density at radius 1 is 1.12 bits per heavy atom. The number of hydrogen-bond acceptors (Lipinski definition) is 5. The second kappa shape index (κ2) is 9.45.